The third kappa shape index (κ3) is 3.76. The molecule has 0 unspecified atom stereocenters. The molecule has 0 bridgehead atoms. The van der Waals surface area contributed by atoms with Crippen LogP contribution in [0.2, 0.25) is 0 Å². The van der Waals surface area contributed by atoms with Gasteiger partial charge >= 0.3 is 0 Å². The van der Waals surface area contributed by atoms with Crippen LogP contribution < -0.4 is 5.14 Å². The number of hydrogen-bond acceptors (Lipinski definition) is 6. The van der Waals surface area contributed by atoms with Crippen LogP contribution in [0.1, 0.15) is 37.3 Å². The zero-order valence-corrected chi connectivity index (χ0v) is 16.3. The molecule has 3 fully saturated rings. The molecule has 2 amide bonds. The molecule has 152 valence electrons. The molecule has 1 saturated carbocycles. The number of sulfonamides is 1. The first-order valence-corrected chi connectivity index (χ1v) is 11.1. The number of primary sulfonamides is 1. The number of pyridine rings is 1. The van der Waals surface area contributed by atoms with E-state index in [4.69, 9.17) is 9.88 Å². The summed E-state index contributed by atoms with van der Waals surface area (Å²) in [4.78, 5) is 33.3. The van der Waals surface area contributed by atoms with Gasteiger partial charge in [0.15, 0.2) is 6.10 Å². The summed E-state index contributed by atoms with van der Waals surface area (Å²) in [5.41, 5.74) is 0.764. The molecule has 0 aromatic carbocycles. The SMILES string of the molecule is NS(=O)(=O)C1CCN(C(=O)[C@H]2OCC(=O)N(C3CC3)[C@@H]2c2cccnc2)CC1. The number of likely N-dealkylation sites (tertiary alicyclic amines) is 1. The molecule has 2 N–H and O–H groups in total. The Morgan fingerprint density at radius 3 is 2.50 bits per heavy atom. The highest BCUT2D eigenvalue weighted by atomic mass is 32.2. The fourth-order valence-corrected chi connectivity index (χ4v) is 4.96. The van der Waals surface area contributed by atoms with Crippen molar-refractivity contribution in [2.24, 2.45) is 5.14 Å². The van der Waals surface area contributed by atoms with Crippen molar-refractivity contribution in [3.63, 3.8) is 0 Å². The van der Waals surface area contributed by atoms with E-state index in [1.54, 1.807) is 28.3 Å². The van der Waals surface area contributed by atoms with Crippen LogP contribution in [0.15, 0.2) is 24.5 Å². The molecule has 4 rings (SSSR count). The first kappa shape index (κ1) is 19.3. The van der Waals surface area contributed by atoms with E-state index in [1.165, 1.54) is 0 Å². The number of ether oxygens (including phenoxy) is 1. The van der Waals surface area contributed by atoms with Crippen molar-refractivity contribution in [2.75, 3.05) is 19.7 Å². The van der Waals surface area contributed by atoms with Crippen molar-refractivity contribution < 1.29 is 22.7 Å². The van der Waals surface area contributed by atoms with Gasteiger partial charge < -0.3 is 14.5 Å². The third-order valence-electron chi connectivity index (χ3n) is 5.69. The standard InChI is InChI=1S/C18H24N4O5S/c19-28(25,26)14-5-8-21(9-6-14)18(24)17-16(12-2-1-7-20-10-12)22(13-3-4-13)15(23)11-27-17/h1-2,7,10,13-14,16-17H,3-6,8-9,11H2,(H2,19,25,26)/t16-,17+/m1/s1. The van der Waals surface area contributed by atoms with Crippen molar-refractivity contribution >= 4 is 21.8 Å². The second kappa shape index (κ2) is 7.41. The second-order valence-electron chi connectivity index (χ2n) is 7.61. The van der Waals surface area contributed by atoms with Crippen molar-refractivity contribution in [1.29, 1.82) is 0 Å². The Bertz CT molecular complexity index is 850. The zero-order valence-electron chi connectivity index (χ0n) is 15.4. The number of nitrogens with zero attached hydrogens (tertiary/aromatic N) is 3. The molecule has 1 aromatic heterocycles. The number of hydrogen-bond donors (Lipinski definition) is 1. The molecule has 10 heteroatoms. The molecule has 1 aliphatic carbocycles. The van der Waals surface area contributed by atoms with Crippen LogP contribution in [0.4, 0.5) is 0 Å². The van der Waals surface area contributed by atoms with Gasteiger partial charge in [0.05, 0.1) is 11.3 Å². The number of carbonyl (C=O) groups is 2. The minimum Gasteiger partial charge on any atom is -0.356 e. The Morgan fingerprint density at radius 2 is 1.93 bits per heavy atom. The number of nitrogens with two attached hydrogens (primary N) is 1. The fourth-order valence-electron chi connectivity index (χ4n) is 4.09. The Balaban J connectivity index is 1.56. The quantitative estimate of drug-likeness (QED) is 0.736. The molecular formula is C18H24N4O5S. The summed E-state index contributed by atoms with van der Waals surface area (Å²) in [5.74, 6) is -0.340. The second-order valence-corrected chi connectivity index (χ2v) is 9.45. The number of amides is 2. The summed E-state index contributed by atoms with van der Waals surface area (Å²) in [6.07, 6.45) is 4.93. The van der Waals surface area contributed by atoms with Gasteiger partial charge in [-0.3, -0.25) is 14.6 Å². The van der Waals surface area contributed by atoms with Crippen LogP contribution in [-0.4, -0.2) is 72.1 Å². The molecule has 2 aliphatic heterocycles. The van der Waals surface area contributed by atoms with Gasteiger partial charge in [-0.1, -0.05) is 6.07 Å². The molecular weight excluding hydrogens is 384 g/mol. The molecule has 9 nitrogen and oxygen atoms in total. The lowest BCUT2D eigenvalue weighted by Gasteiger charge is -2.43. The number of piperidine rings is 1. The summed E-state index contributed by atoms with van der Waals surface area (Å²) >= 11 is 0. The van der Waals surface area contributed by atoms with Crippen molar-refractivity contribution in [3.8, 4) is 0 Å². The average molecular weight is 408 g/mol. The highest BCUT2D eigenvalue weighted by Crippen LogP contribution is 2.40. The van der Waals surface area contributed by atoms with E-state index in [9.17, 15) is 18.0 Å². The molecule has 2 atom stereocenters. The van der Waals surface area contributed by atoms with Gasteiger partial charge in [0.25, 0.3) is 5.91 Å². The van der Waals surface area contributed by atoms with Gasteiger partial charge in [-0.2, -0.15) is 0 Å². The average Bonchev–Trinajstić information content (AvgIpc) is 3.52. The van der Waals surface area contributed by atoms with Gasteiger partial charge in [-0.25, -0.2) is 13.6 Å². The van der Waals surface area contributed by atoms with E-state index >= 15 is 0 Å². The molecule has 0 radical (unpaired) electrons. The zero-order chi connectivity index (χ0) is 19.9. The van der Waals surface area contributed by atoms with Gasteiger partial charge in [-0.15, -0.1) is 0 Å². The lowest BCUT2D eigenvalue weighted by molar-refractivity contribution is -0.170. The number of rotatable bonds is 4. The molecule has 3 heterocycles. The maximum Gasteiger partial charge on any atom is 0.254 e. The van der Waals surface area contributed by atoms with E-state index in [1.807, 2.05) is 6.07 Å². The Labute approximate surface area is 163 Å². The summed E-state index contributed by atoms with van der Waals surface area (Å²) < 4.78 is 28.8. The van der Waals surface area contributed by atoms with Crippen LogP contribution in [0.5, 0.6) is 0 Å². The van der Waals surface area contributed by atoms with Gasteiger partial charge in [0.1, 0.15) is 6.61 Å². The minimum atomic E-state index is -3.60. The Hall–Kier alpha value is -2.04. The number of morpholine rings is 1. The van der Waals surface area contributed by atoms with Crippen LogP contribution in [0, 0.1) is 0 Å². The van der Waals surface area contributed by atoms with Crippen molar-refractivity contribution in [1.82, 2.24) is 14.8 Å². The first-order chi connectivity index (χ1) is 13.4. The Morgan fingerprint density at radius 1 is 1.21 bits per heavy atom. The summed E-state index contributed by atoms with van der Waals surface area (Å²) in [6, 6.07) is 3.23. The van der Waals surface area contributed by atoms with Crippen LogP contribution in [0.25, 0.3) is 0 Å². The highest BCUT2D eigenvalue weighted by molar-refractivity contribution is 7.89. The van der Waals surface area contributed by atoms with Crippen molar-refractivity contribution in [2.45, 2.75) is 49.1 Å². The summed E-state index contributed by atoms with van der Waals surface area (Å²) in [5, 5.41) is 4.62. The first-order valence-electron chi connectivity index (χ1n) is 9.49. The molecule has 1 aromatic rings. The van der Waals surface area contributed by atoms with Gasteiger partial charge in [0, 0.05) is 31.5 Å². The number of aromatic nitrogens is 1. The summed E-state index contributed by atoms with van der Waals surface area (Å²) in [7, 11) is -3.60. The smallest absolute Gasteiger partial charge is 0.254 e. The lowest BCUT2D eigenvalue weighted by atomic mass is 9.97. The maximum atomic E-state index is 13.3. The predicted molar refractivity (Wildman–Crippen MR) is 99.3 cm³/mol. The van der Waals surface area contributed by atoms with E-state index in [-0.39, 0.29) is 24.5 Å². The van der Waals surface area contributed by atoms with Crippen LogP contribution >= 0.6 is 0 Å². The van der Waals surface area contributed by atoms with E-state index < -0.39 is 27.4 Å². The van der Waals surface area contributed by atoms with Gasteiger partial charge in [-0.05, 0) is 37.3 Å². The van der Waals surface area contributed by atoms with E-state index in [2.05, 4.69) is 4.98 Å². The molecule has 2 saturated heterocycles. The topological polar surface area (TPSA) is 123 Å². The molecule has 28 heavy (non-hydrogen) atoms. The Kier molecular flexibility index (Phi) is 5.11. The minimum absolute atomic E-state index is 0.117. The van der Waals surface area contributed by atoms with Gasteiger partial charge in [0.2, 0.25) is 15.9 Å². The third-order valence-corrected chi connectivity index (χ3v) is 7.09. The fraction of sp³-hybridized carbons (Fsp3) is 0.611. The number of carbonyl (C=O) groups excluding carboxylic acids is 2. The molecule has 3 aliphatic rings. The van der Waals surface area contributed by atoms with E-state index in [0.29, 0.717) is 25.9 Å². The van der Waals surface area contributed by atoms with Crippen LogP contribution in [0.3, 0.4) is 0 Å². The van der Waals surface area contributed by atoms with Crippen LogP contribution in [-0.2, 0) is 24.3 Å². The lowest BCUT2D eigenvalue weighted by Crippen LogP contribution is -2.57. The van der Waals surface area contributed by atoms with Crippen molar-refractivity contribution in [3.05, 3.63) is 30.1 Å². The maximum absolute atomic E-state index is 13.3. The largest absolute Gasteiger partial charge is 0.356 e. The molecule has 0 spiro atoms. The highest BCUT2D eigenvalue weighted by Gasteiger charge is 2.48. The van der Waals surface area contributed by atoms with E-state index in [0.717, 1.165) is 18.4 Å². The normalized spacial score (nSPS) is 27.1. The predicted octanol–water partition coefficient (Wildman–Crippen LogP) is -0.208. The summed E-state index contributed by atoms with van der Waals surface area (Å²) in [6.45, 7) is 0.477. The monoisotopic (exact) mass is 408 g/mol.